The van der Waals surface area contributed by atoms with Gasteiger partial charge in [-0.25, -0.2) is 0 Å². The molecule has 0 saturated carbocycles. The van der Waals surface area contributed by atoms with Crippen molar-refractivity contribution in [2.75, 3.05) is 6.54 Å². The lowest BCUT2D eigenvalue weighted by Crippen LogP contribution is -2.42. The second kappa shape index (κ2) is 5.70. The van der Waals surface area contributed by atoms with Crippen molar-refractivity contribution in [1.29, 1.82) is 0 Å². The number of nitrogens with one attached hydrogen (secondary N) is 2. The standard InChI is InChI=1S/C10H20N2O3/c1-7(9(14)15)11-6-5-8(13)12-10(2,3)4/h7,11H,5-6H2,1-4H3,(H,12,13)(H,14,15). The van der Waals surface area contributed by atoms with Gasteiger partial charge in [0, 0.05) is 18.5 Å². The zero-order valence-corrected chi connectivity index (χ0v) is 9.76. The van der Waals surface area contributed by atoms with Gasteiger partial charge in [-0.1, -0.05) is 0 Å². The molecule has 1 atom stereocenters. The van der Waals surface area contributed by atoms with Gasteiger partial charge in [0.25, 0.3) is 0 Å². The number of hydrogen-bond donors (Lipinski definition) is 3. The van der Waals surface area contributed by atoms with Gasteiger partial charge in [0.2, 0.25) is 5.91 Å². The molecule has 0 aliphatic heterocycles. The molecule has 0 saturated heterocycles. The van der Waals surface area contributed by atoms with E-state index in [1.165, 1.54) is 0 Å². The summed E-state index contributed by atoms with van der Waals surface area (Å²) >= 11 is 0. The van der Waals surface area contributed by atoms with Gasteiger partial charge < -0.3 is 15.7 Å². The Kier molecular flexibility index (Phi) is 5.28. The molecule has 0 radical (unpaired) electrons. The summed E-state index contributed by atoms with van der Waals surface area (Å²) in [5.74, 6) is -0.987. The van der Waals surface area contributed by atoms with E-state index in [-0.39, 0.29) is 17.9 Å². The molecule has 1 amide bonds. The van der Waals surface area contributed by atoms with E-state index in [4.69, 9.17) is 5.11 Å². The van der Waals surface area contributed by atoms with Gasteiger partial charge in [-0.3, -0.25) is 9.59 Å². The second-order valence-electron chi connectivity index (χ2n) is 4.56. The quantitative estimate of drug-likeness (QED) is 0.620. The van der Waals surface area contributed by atoms with Crippen LogP contribution >= 0.6 is 0 Å². The monoisotopic (exact) mass is 216 g/mol. The molecule has 1 unspecified atom stereocenters. The molecule has 0 fully saturated rings. The van der Waals surface area contributed by atoms with Crippen molar-refractivity contribution < 1.29 is 14.7 Å². The Morgan fingerprint density at radius 1 is 1.33 bits per heavy atom. The van der Waals surface area contributed by atoms with Gasteiger partial charge >= 0.3 is 5.97 Å². The van der Waals surface area contributed by atoms with E-state index in [9.17, 15) is 9.59 Å². The topological polar surface area (TPSA) is 78.4 Å². The molecule has 0 heterocycles. The number of rotatable bonds is 5. The first kappa shape index (κ1) is 13.9. The maximum Gasteiger partial charge on any atom is 0.320 e. The lowest BCUT2D eigenvalue weighted by atomic mass is 10.1. The van der Waals surface area contributed by atoms with Crippen molar-refractivity contribution in [2.24, 2.45) is 0 Å². The average Bonchev–Trinajstić information content (AvgIpc) is 2.00. The minimum atomic E-state index is -0.911. The number of carboxylic acid groups (broad SMARTS) is 1. The molecule has 0 spiro atoms. The Bertz CT molecular complexity index is 233. The highest BCUT2D eigenvalue weighted by atomic mass is 16.4. The summed E-state index contributed by atoms with van der Waals surface area (Å²) in [4.78, 5) is 21.8. The van der Waals surface area contributed by atoms with Crippen molar-refractivity contribution in [3.63, 3.8) is 0 Å². The average molecular weight is 216 g/mol. The Hall–Kier alpha value is -1.10. The third-order valence-corrected chi connectivity index (χ3v) is 1.69. The minimum absolute atomic E-state index is 0.0763. The van der Waals surface area contributed by atoms with Crippen molar-refractivity contribution in [2.45, 2.75) is 45.7 Å². The molecule has 0 aromatic heterocycles. The van der Waals surface area contributed by atoms with Crippen LogP contribution in [0.15, 0.2) is 0 Å². The highest BCUT2D eigenvalue weighted by Crippen LogP contribution is 1.98. The van der Waals surface area contributed by atoms with Crippen LogP contribution in [0.25, 0.3) is 0 Å². The highest BCUT2D eigenvalue weighted by molar-refractivity contribution is 5.77. The number of hydrogen-bond acceptors (Lipinski definition) is 3. The number of amides is 1. The van der Waals surface area contributed by atoms with Crippen LogP contribution in [-0.2, 0) is 9.59 Å². The normalized spacial score (nSPS) is 13.3. The van der Waals surface area contributed by atoms with Crippen LogP contribution in [0, 0.1) is 0 Å². The Labute approximate surface area is 90.2 Å². The number of carbonyl (C=O) groups is 2. The van der Waals surface area contributed by atoms with Crippen LogP contribution in [0.1, 0.15) is 34.1 Å². The summed E-state index contributed by atoms with van der Waals surface area (Å²) < 4.78 is 0. The van der Waals surface area contributed by atoms with Gasteiger partial charge in [-0.15, -0.1) is 0 Å². The molecule has 15 heavy (non-hydrogen) atoms. The van der Waals surface area contributed by atoms with Gasteiger partial charge in [-0.2, -0.15) is 0 Å². The molecule has 0 aromatic carbocycles. The van der Waals surface area contributed by atoms with E-state index in [2.05, 4.69) is 10.6 Å². The molecule has 0 aromatic rings. The lowest BCUT2D eigenvalue weighted by molar-refractivity contribution is -0.139. The third-order valence-electron chi connectivity index (χ3n) is 1.69. The largest absolute Gasteiger partial charge is 0.480 e. The fourth-order valence-electron chi connectivity index (χ4n) is 0.970. The van der Waals surface area contributed by atoms with Crippen LogP contribution < -0.4 is 10.6 Å². The van der Waals surface area contributed by atoms with Gasteiger partial charge in [0.05, 0.1) is 0 Å². The Morgan fingerprint density at radius 3 is 2.27 bits per heavy atom. The minimum Gasteiger partial charge on any atom is -0.480 e. The molecule has 0 aliphatic rings. The van der Waals surface area contributed by atoms with Gasteiger partial charge in [0.1, 0.15) is 6.04 Å². The van der Waals surface area contributed by atoms with Gasteiger partial charge in [-0.05, 0) is 27.7 Å². The molecule has 3 N–H and O–H groups in total. The summed E-state index contributed by atoms with van der Waals surface area (Å²) in [5, 5.41) is 14.1. The van der Waals surface area contributed by atoms with Crippen LogP contribution in [0.5, 0.6) is 0 Å². The van der Waals surface area contributed by atoms with E-state index < -0.39 is 12.0 Å². The summed E-state index contributed by atoms with van der Waals surface area (Å²) in [6.45, 7) is 7.62. The maximum absolute atomic E-state index is 11.3. The van der Waals surface area contributed by atoms with Crippen LogP contribution in [0.4, 0.5) is 0 Å². The zero-order valence-electron chi connectivity index (χ0n) is 9.76. The summed E-state index contributed by atoms with van der Waals surface area (Å²) in [5.41, 5.74) is -0.241. The summed E-state index contributed by atoms with van der Waals surface area (Å²) in [6, 6.07) is -0.618. The Balaban J connectivity index is 3.69. The zero-order chi connectivity index (χ0) is 12.1. The van der Waals surface area contributed by atoms with E-state index in [0.717, 1.165) is 0 Å². The molecule has 5 nitrogen and oxygen atoms in total. The fraction of sp³-hybridized carbons (Fsp3) is 0.800. The molecular weight excluding hydrogens is 196 g/mol. The molecular formula is C10H20N2O3. The van der Waals surface area contributed by atoms with Gasteiger partial charge in [0.15, 0.2) is 0 Å². The smallest absolute Gasteiger partial charge is 0.320 e. The van der Waals surface area contributed by atoms with Crippen molar-refractivity contribution in [1.82, 2.24) is 10.6 Å². The molecule has 5 heteroatoms. The highest BCUT2D eigenvalue weighted by Gasteiger charge is 2.14. The third kappa shape index (κ3) is 7.93. The summed E-state index contributed by atoms with van der Waals surface area (Å²) in [7, 11) is 0. The van der Waals surface area contributed by atoms with Crippen molar-refractivity contribution in [3.05, 3.63) is 0 Å². The fourth-order valence-corrected chi connectivity index (χ4v) is 0.970. The maximum atomic E-state index is 11.3. The van der Waals surface area contributed by atoms with E-state index >= 15 is 0 Å². The first-order valence-electron chi connectivity index (χ1n) is 4.99. The van der Waals surface area contributed by atoms with E-state index in [1.54, 1.807) is 6.92 Å². The predicted octanol–water partition coefficient (Wildman–Crippen LogP) is 0.354. The molecule has 0 rings (SSSR count). The Morgan fingerprint density at radius 2 is 1.87 bits per heavy atom. The predicted molar refractivity (Wildman–Crippen MR) is 57.6 cm³/mol. The molecule has 88 valence electrons. The first-order valence-corrected chi connectivity index (χ1v) is 4.99. The SMILES string of the molecule is CC(NCCC(=O)NC(C)(C)C)C(=O)O. The van der Waals surface area contributed by atoms with Crippen LogP contribution in [-0.4, -0.2) is 35.1 Å². The van der Waals surface area contributed by atoms with E-state index in [0.29, 0.717) is 6.54 Å². The molecule has 0 aliphatic carbocycles. The van der Waals surface area contributed by atoms with Crippen molar-refractivity contribution >= 4 is 11.9 Å². The first-order chi connectivity index (χ1) is 6.72. The van der Waals surface area contributed by atoms with E-state index in [1.807, 2.05) is 20.8 Å². The van der Waals surface area contributed by atoms with Crippen molar-refractivity contribution in [3.8, 4) is 0 Å². The number of carboxylic acids is 1. The summed E-state index contributed by atoms with van der Waals surface area (Å²) in [6.07, 6.45) is 0.287. The number of aliphatic carboxylic acids is 1. The second-order valence-corrected chi connectivity index (χ2v) is 4.56. The lowest BCUT2D eigenvalue weighted by Gasteiger charge is -2.20. The molecule has 0 bridgehead atoms. The van der Waals surface area contributed by atoms with Crippen LogP contribution in [0.3, 0.4) is 0 Å². The van der Waals surface area contributed by atoms with Crippen LogP contribution in [0.2, 0.25) is 0 Å². The number of carbonyl (C=O) groups excluding carboxylic acids is 1.